The van der Waals surface area contributed by atoms with Crippen LogP contribution in [0.1, 0.15) is 13.3 Å². The third-order valence-electron chi connectivity index (χ3n) is 3.73. The average molecular weight is 353 g/mol. The molecule has 0 unspecified atom stereocenters. The molecule has 2 heterocycles. The van der Waals surface area contributed by atoms with Crippen LogP contribution >= 0.6 is 11.8 Å². The first-order valence-corrected chi connectivity index (χ1v) is 8.89. The van der Waals surface area contributed by atoms with Gasteiger partial charge in [-0.2, -0.15) is 0 Å². The Morgan fingerprint density at radius 1 is 1.16 bits per heavy atom. The molecule has 2 aromatic heterocycles. The van der Waals surface area contributed by atoms with E-state index in [1.54, 1.807) is 12.4 Å². The van der Waals surface area contributed by atoms with Gasteiger partial charge < -0.3 is 9.88 Å². The van der Waals surface area contributed by atoms with E-state index in [1.807, 2.05) is 61.0 Å². The Balaban J connectivity index is 1.74. The van der Waals surface area contributed by atoms with Gasteiger partial charge in [-0.15, -0.1) is 10.2 Å². The molecule has 3 rings (SSSR count). The van der Waals surface area contributed by atoms with Crippen molar-refractivity contribution in [1.29, 1.82) is 0 Å². The van der Waals surface area contributed by atoms with Crippen molar-refractivity contribution in [2.24, 2.45) is 7.05 Å². The topological polar surface area (TPSA) is 72.7 Å². The fourth-order valence-corrected chi connectivity index (χ4v) is 3.28. The van der Waals surface area contributed by atoms with E-state index in [0.717, 1.165) is 17.1 Å². The summed E-state index contributed by atoms with van der Waals surface area (Å²) < 4.78 is 1.90. The zero-order chi connectivity index (χ0) is 17.6. The maximum absolute atomic E-state index is 12.5. The number of nitrogens with zero attached hydrogens (tertiary/aromatic N) is 4. The summed E-state index contributed by atoms with van der Waals surface area (Å²) in [6, 6.07) is 13.2. The lowest BCUT2D eigenvalue weighted by Gasteiger charge is -2.14. The molecule has 0 saturated heterocycles. The Hall–Kier alpha value is -2.67. The summed E-state index contributed by atoms with van der Waals surface area (Å²) in [5, 5.41) is 11.9. The summed E-state index contributed by atoms with van der Waals surface area (Å²) in [6.45, 7) is 1.99. The van der Waals surface area contributed by atoms with Crippen molar-refractivity contribution in [3.05, 3.63) is 54.9 Å². The largest absolute Gasteiger partial charge is 0.325 e. The molecule has 0 aliphatic carbocycles. The van der Waals surface area contributed by atoms with Crippen molar-refractivity contribution < 1.29 is 4.79 Å². The number of hydrogen-bond donors (Lipinski definition) is 1. The number of pyridine rings is 1. The second-order valence-corrected chi connectivity index (χ2v) is 6.64. The number of amides is 1. The van der Waals surface area contributed by atoms with Crippen LogP contribution in [0.2, 0.25) is 0 Å². The van der Waals surface area contributed by atoms with Crippen LogP contribution in [0.3, 0.4) is 0 Å². The number of aromatic nitrogens is 4. The standard InChI is InChI=1S/C18H19N5OS/c1-3-15(17(24)20-14-7-5-4-6-8-14)25-18-22-21-16(23(18)2)13-9-11-19-12-10-13/h4-12,15H,3H2,1-2H3,(H,20,24)/t15-/m1/s1. The van der Waals surface area contributed by atoms with Crippen molar-refractivity contribution in [2.45, 2.75) is 23.8 Å². The zero-order valence-corrected chi connectivity index (χ0v) is 14.9. The third kappa shape index (κ3) is 4.06. The van der Waals surface area contributed by atoms with Crippen LogP contribution < -0.4 is 5.32 Å². The third-order valence-corrected chi connectivity index (χ3v) is 5.12. The Kier molecular flexibility index (Phi) is 5.45. The average Bonchev–Trinajstić information content (AvgIpc) is 3.01. The predicted molar refractivity (Wildman–Crippen MR) is 99.2 cm³/mol. The van der Waals surface area contributed by atoms with E-state index < -0.39 is 0 Å². The number of anilines is 1. The first kappa shape index (κ1) is 17.2. The van der Waals surface area contributed by atoms with E-state index in [0.29, 0.717) is 11.6 Å². The molecule has 1 atom stereocenters. The first-order chi connectivity index (χ1) is 12.2. The van der Waals surface area contributed by atoms with E-state index in [-0.39, 0.29) is 11.2 Å². The van der Waals surface area contributed by atoms with Gasteiger partial charge in [0.1, 0.15) is 0 Å². The lowest BCUT2D eigenvalue weighted by Crippen LogP contribution is -2.24. The second kappa shape index (κ2) is 7.94. The molecule has 1 amide bonds. The van der Waals surface area contributed by atoms with Crippen LogP contribution in [0.4, 0.5) is 5.69 Å². The monoisotopic (exact) mass is 353 g/mol. The van der Waals surface area contributed by atoms with Gasteiger partial charge in [-0.1, -0.05) is 36.9 Å². The fraction of sp³-hybridized carbons (Fsp3) is 0.222. The molecular weight excluding hydrogens is 334 g/mol. The van der Waals surface area contributed by atoms with Crippen molar-refractivity contribution in [1.82, 2.24) is 19.7 Å². The maximum Gasteiger partial charge on any atom is 0.237 e. The van der Waals surface area contributed by atoms with Crippen molar-refractivity contribution in [2.75, 3.05) is 5.32 Å². The Morgan fingerprint density at radius 3 is 2.56 bits per heavy atom. The van der Waals surface area contributed by atoms with Gasteiger partial charge in [0.05, 0.1) is 5.25 Å². The van der Waals surface area contributed by atoms with E-state index in [9.17, 15) is 4.79 Å². The van der Waals surface area contributed by atoms with Gasteiger partial charge in [-0.25, -0.2) is 0 Å². The van der Waals surface area contributed by atoms with Crippen LogP contribution in [0.5, 0.6) is 0 Å². The molecule has 0 saturated carbocycles. The normalized spacial score (nSPS) is 11.9. The van der Waals surface area contributed by atoms with E-state index in [2.05, 4.69) is 20.5 Å². The first-order valence-electron chi connectivity index (χ1n) is 8.01. The molecule has 0 spiro atoms. The summed E-state index contributed by atoms with van der Waals surface area (Å²) in [7, 11) is 1.90. The molecule has 0 aliphatic rings. The summed E-state index contributed by atoms with van der Waals surface area (Å²) in [5.74, 6) is 0.718. The molecule has 128 valence electrons. The van der Waals surface area contributed by atoms with Gasteiger partial charge in [0, 0.05) is 30.7 Å². The Morgan fingerprint density at radius 2 is 1.88 bits per heavy atom. The van der Waals surface area contributed by atoms with Gasteiger partial charge in [-0.05, 0) is 30.7 Å². The number of nitrogens with one attached hydrogen (secondary N) is 1. The van der Waals surface area contributed by atoms with Crippen LogP contribution in [-0.4, -0.2) is 30.9 Å². The van der Waals surface area contributed by atoms with Gasteiger partial charge in [0.15, 0.2) is 11.0 Å². The molecule has 0 aliphatic heterocycles. The zero-order valence-electron chi connectivity index (χ0n) is 14.1. The number of carbonyl (C=O) groups excluding carboxylic acids is 1. The highest BCUT2D eigenvalue weighted by Crippen LogP contribution is 2.27. The van der Waals surface area contributed by atoms with Crippen LogP contribution in [-0.2, 0) is 11.8 Å². The molecular formula is C18H19N5OS. The lowest BCUT2D eigenvalue weighted by atomic mass is 10.2. The minimum Gasteiger partial charge on any atom is -0.325 e. The number of thioether (sulfide) groups is 1. The van der Waals surface area contributed by atoms with Gasteiger partial charge >= 0.3 is 0 Å². The van der Waals surface area contributed by atoms with Gasteiger partial charge in [0.2, 0.25) is 5.91 Å². The number of carbonyl (C=O) groups is 1. The van der Waals surface area contributed by atoms with Crippen molar-refractivity contribution in [3.63, 3.8) is 0 Å². The number of benzene rings is 1. The summed E-state index contributed by atoms with van der Waals surface area (Å²) >= 11 is 1.42. The van der Waals surface area contributed by atoms with Crippen LogP contribution in [0.15, 0.2) is 60.0 Å². The minimum atomic E-state index is -0.242. The number of rotatable bonds is 6. The minimum absolute atomic E-state index is 0.0350. The van der Waals surface area contributed by atoms with E-state index >= 15 is 0 Å². The molecule has 3 aromatic rings. The van der Waals surface area contributed by atoms with Gasteiger partial charge in [0.25, 0.3) is 0 Å². The highest BCUT2D eigenvalue weighted by Gasteiger charge is 2.22. The number of hydrogen-bond acceptors (Lipinski definition) is 5. The molecule has 6 nitrogen and oxygen atoms in total. The fourth-order valence-electron chi connectivity index (χ4n) is 2.36. The summed E-state index contributed by atoms with van der Waals surface area (Å²) in [4.78, 5) is 16.6. The van der Waals surface area contributed by atoms with Crippen molar-refractivity contribution in [3.8, 4) is 11.4 Å². The highest BCUT2D eigenvalue weighted by atomic mass is 32.2. The molecule has 0 radical (unpaired) electrons. The lowest BCUT2D eigenvalue weighted by molar-refractivity contribution is -0.115. The van der Waals surface area contributed by atoms with Crippen LogP contribution in [0, 0.1) is 0 Å². The number of para-hydroxylation sites is 1. The Labute approximate surface area is 150 Å². The summed E-state index contributed by atoms with van der Waals surface area (Å²) in [5.41, 5.74) is 1.74. The van der Waals surface area contributed by atoms with Crippen molar-refractivity contribution >= 4 is 23.4 Å². The SMILES string of the molecule is CC[C@@H](Sc1nnc(-c2ccncc2)n1C)C(=O)Nc1ccccc1. The quantitative estimate of drug-likeness (QED) is 0.688. The summed E-state index contributed by atoms with van der Waals surface area (Å²) in [6.07, 6.45) is 4.14. The molecule has 1 aromatic carbocycles. The molecule has 25 heavy (non-hydrogen) atoms. The smallest absolute Gasteiger partial charge is 0.237 e. The molecule has 1 N–H and O–H groups in total. The highest BCUT2D eigenvalue weighted by molar-refractivity contribution is 8.00. The second-order valence-electron chi connectivity index (χ2n) is 5.47. The predicted octanol–water partition coefficient (Wildman–Crippen LogP) is 3.39. The van der Waals surface area contributed by atoms with Crippen LogP contribution in [0.25, 0.3) is 11.4 Å². The van der Waals surface area contributed by atoms with E-state index in [1.165, 1.54) is 11.8 Å². The van der Waals surface area contributed by atoms with Gasteiger partial charge in [-0.3, -0.25) is 9.78 Å². The molecule has 0 bridgehead atoms. The molecule has 7 heteroatoms. The Bertz CT molecular complexity index is 835. The van der Waals surface area contributed by atoms with E-state index in [4.69, 9.17) is 0 Å². The maximum atomic E-state index is 12.5. The molecule has 0 fully saturated rings.